The van der Waals surface area contributed by atoms with E-state index in [9.17, 15) is 0 Å². The molecule has 0 amide bonds. The van der Waals surface area contributed by atoms with Crippen LogP contribution in [-0.4, -0.2) is 50.3 Å². The quantitative estimate of drug-likeness (QED) is 0.749. The number of nitrogens with one attached hydrogen (secondary N) is 1. The van der Waals surface area contributed by atoms with Gasteiger partial charge in [-0.2, -0.15) is 0 Å². The minimum atomic E-state index is 0.478. The summed E-state index contributed by atoms with van der Waals surface area (Å²) in [5, 5.41) is 3.64. The minimum Gasteiger partial charge on any atom is -0.383 e. The van der Waals surface area contributed by atoms with E-state index in [0.717, 1.165) is 12.5 Å². The van der Waals surface area contributed by atoms with Crippen molar-refractivity contribution in [2.75, 3.05) is 33.4 Å². The molecular weight excluding hydrogens is 200 g/mol. The summed E-state index contributed by atoms with van der Waals surface area (Å²) >= 11 is 0. The van der Waals surface area contributed by atoms with Crippen LogP contribution in [0.2, 0.25) is 0 Å². The number of hydrogen-bond acceptors (Lipinski definition) is 3. The lowest BCUT2D eigenvalue weighted by molar-refractivity contribution is 0.142. The van der Waals surface area contributed by atoms with E-state index in [1.807, 2.05) is 0 Å². The van der Waals surface area contributed by atoms with Gasteiger partial charge < -0.3 is 15.0 Å². The molecule has 1 heterocycles. The molecule has 1 rings (SSSR count). The van der Waals surface area contributed by atoms with Crippen LogP contribution in [0, 0.1) is 5.92 Å². The summed E-state index contributed by atoms with van der Waals surface area (Å²) in [6.45, 7) is 11.3. The average molecular weight is 228 g/mol. The highest BCUT2D eigenvalue weighted by atomic mass is 16.5. The van der Waals surface area contributed by atoms with Gasteiger partial charge in [-0.15, -0.1) is 0 Å². The summed E-state index contributed by atoms with van der Waals surface area (Å²) in [6.07, 6.45) is 2.56. The monoisotopic (exact) mass is 228 g/mol. The van der Waals surface area contributed by atoms with Gasteiger partial charge in [0.15, 0.2) is 0 Å². The molecule has 1 aliphatic rings. The fourth-order valence-corrected chi connectivity index (χ4v) is 2.50. The first kappa shape index (κ1) is 13.9. The topological polar surface area (TPSA) is 24.5 Å². The number of rotatable bonds is 6. The Bertz CT molecular complexity index is 177. The van der Waals surface area contributed by atoms with E-state index in [1.165, 1.54) is 32.5 Å². The van der Waals surface area contributed by atoms with Crippen molar-refractivity contribution in [3.8, 4) is 0 Å². The second kappa shape index (κ2) is 7.25. The molecule has 0 aromatic heterocycles. The lowest BCUT2D eigenvalue weighted by Crippen LogP contribution is -2.47. The van der Waals surface area contributed by atoms with Gasteiger partial charge in [0, 0.05) is 25.7 Å². The molecule has 1 atom stereocenters. The number of methoxy groups -OCH3 is 1. The maximum atomic E-state index is 5.15. The number of nitrogens with zero attached hydrogens (tertiary/aromatic N) is 1. The van der Waals surface area contributed by atoms with Crippen molar-refractivity contribution in [2.45, 2.75) is 45.7 Å². The van der Waals surface area contributed by atoms with Crippen molar-refractivity contribution in [1.82, 2.24) is 10.2 Å². The number of hydrogen-bond donors (Lipinski definition) is 1. The summed E-state index contributed by atoms with van der Waals surface area (Å²) in [7, 11) is 1.77. The molecule has 1 unspecified atom stereocenters. The molecule has 0 saturated carbocycles. The summed E-state index contributed by atoms with van der Waals surface area (Å²) < 4.78 is 5.15. The van der Waals surface area contributed by atoms with Gasteiger partial charge in [-0.1, -0.05) is 13.8 Å². The summed E-state index contributed by atoms with van der Waals surface area (Å²) in [4.78, 5) is 2.59. The molecule has 1 aliphatic heterocycles. The lowest BCUT2D eigenvalue weighted by atomic mass is 10.0. The lowest BCUT2D eigenvalue weighted by Gasteiger charge is -2.34. The molecule has 1 N–H and O–H groups in total. The number of likely N-dealkylation sites (tertiary alicyclic amines) is 1. The van der Waals surface area contributed by atoms with E-state index in [-0.39, 0.29) is 0 Å². The van der Waals surface area contributed by atoms with Gasteiger partial charge in [0.2, 0.25) is 0 Å². The first-order chi connectivity index (χ1) is 7.61. The van der Waals surface area contributed by atoms with Crippen molar-refractivity contribution in [3.63, 3.8) is 0 Å². The summed E-state index contributed by atoms with van der Waals surface area (Å²) in [6, 6.07) is 1.17. The van der Waals surface area contributed by atoms with E-state index in [2.05, 4.69) is 31.0 Å². The summed E-state index contributed by atoms with van der Waals surface area (Å²) in [5.74, 6) is 0.789. The Morgan fingerprint density at radius 1 is 1.25 bits per heavy atom. The fraction of sp³-hybridized carbons (Fsp3) is 1.00. The second-order valence-corrected chi connectivity index (χ2v) is 5.49. The molecule has 0 bridgehead atoms. The Labute approximate surface area is 101 Å². The molecule has 0 aromatic rings. The Morgan fingerprint density at radius 2 is 1.88 bits per heavy atom. The molecule has 1 saturated heterocycles. The van der Waals surface area contributed by atoms with Crippen LogP contribution in [0.3, 0.4) is 0 Å². The highest BCUT2D eigenvalue weighted by Crippen LogP contribution is 2.12. The van der Waals surface area contributed by atoms with E-state index in [1.54, 1.807) is 7.11 Å². The molecule has 16 heavy (non-hydrogen) atoms. The maximum absolute atomic E-state index is 5.15. The summed E-state index contributed by atoms with van der Waals surface area (Å²) in [5.41, 5.74) is 0. The van der Waals surface area contributed by atoms with Gasteiger partial charge in [0.25, 0.3) is 0 Å². The van der Waals surface area contributed by atoms with E-state index < -0.39 is 0 Å². The highest BCUT2D eigenvalue weighted by molar-refractivity contribution is 4.79. The van der Waals surface area contributed by atoms with Crippen molar-refractivity contribution in [2.24, 2.45) is 5.92 Å². The molecule has 0 aliphatic carbocycles. The van der Waals surface area contributed by atoms with Gasteiger partial charge in [-0.25, -0.2) is 0 Å². The van der Waals surface area contributed by atoms with Crippen LogP contribution in [0.1, 0.15) is 33.6 Å². The molecular formula is C13H28N2O. The van der Waals surface area contributed by atoms with Gasteiger partial charge in [-0.3, -0.25) is 0 Å². The third-order valence-corrected chi connectivity index (χ3v) is 3.15. The zero-order chi connectivity index (χ0) is 12.0. The Hall–Kier alpha value is -0.120. The number of ether oxygens (including phenoxy) is 1. The standard InChI is InChI=1S/C13H28N2O/c1-11(2)9-15-7-5-13(6-8-15)14-12(3)10-16-4/h11-14H,5-10H2,1-4H3. The van der Waals surface area contributed by atoms with Crippen molar-refractivity contribution in [3.05, 3.63) is 0 Å². The fourth-order valence-electron chi connectivity index (χ4n) is 2.50. The molecule has 0 aromatic carbocycles. The largest absolute Gasteiger partial charge is 0.383 e. The Morgan fingerprint density at radius 3 is 2.38 bits per heavy atom. The highest BCUT2D eigenvalue weighted by Gasteiger charge is 2.20. The SMILES string of the molecule is COCC(C)NC1CCN(CC(C)C)CC1. The van der Waals surface area contributed by atoms with Crippen LogP contribution in [0.4, 0.5) is 0 Å². The average Bonchev–Trinajstić information content (AvgIpc) is 2.20. The zero-order valence-electron chi connectivity index (χ0n) is 11.3. The van der Waals surface area contributed by atoms with Gasteiger partial charge >= 0.3 is 0 Å². The Kier molecular flexibility index (Phi) is 6.32. The van der Waals surface area contributed by atoms with E-state index in [4.69, 9.17) is 4.74 Å². The molecule has 0 spiro atoms. The molecule has 3 nitrogen and oxygen atoms in total. The first-order valence-corrected chi connectivity index (χ1v) is 6.59. The predicted molar refractivity (Wildman–Crippen MR) is 68.8 cm³/mol. The molecule has 1 fully saturated rings. The molecule has 3 heteroatoms. The van der Waals surface area contributed by atoms with Crippen LogP contribution in [0.15, 0.2) is 0 Å². The minimum absolute atomic E-state index is 0.478. The van der Waals surface area contributed by atoms with Crippen molar-refractivity contribution < 1.29 is 4.74 Å². The second-order valence-electron chi connectivity index (χ2n) is 5.49. The van der Waals surface area contributed by atoms with Gasteiger partial charge in [-0.05, 0) is 38.8 Å². The molecule has 0 radical (unpaired) electrons. The van der Waals surface area contributed by atoms with Crippen LogP contribution < -0.4 is 5.32 Å². The first-order valence-electron chi connectivity index (χ1n) is 6.59. The predicted octanol–water partition coefficient (Wildman–Crippen LogP) is 1.73. The van der Waals surface area contributed by atoms with Crippen LogP contribution in [0.5, 0.6) is 0 Å². The third-order valence-electron chi connectivity index (χ3n) is 3.15. The van der Waals surface area contributed by atoms with E-state index in [0.29, 0.717) is 12.1 Å². The smallest absolute Gasteiger partial charge is 0.0613 e. The molecule has 96 valence electrons. The van der Waals surface area contributed by atoms with Crippen LogP contribution in [-0.2, 0) is 4.74 Å². The van der Waals surface area contributed by atoms with Crippen molar-refractivity contribution >= 4 is 0 Å². The van der Waals surface area contributed by atoms with Crippen molar-refractivity contribution in [1.29, 1.82) is 0 Å². The third kappa shape index (κ3) is 5.28. The Balaban J connectivity index is 2.16. The van der Waals surface area contributed by atoms with Crippen LogP contribution in [0.25, 0.3) is 0 Å². The zero-order valence-corrected chi connectivity index (χ0v) is 11.3. The van der Waals surface area contributed by atoms with Crippen LogP contribution >= 0.6 is 0 Å². The maximum Gasteiger partial charge on any atom is 0.0613 e. The normalized spacial score (nSPS) is 21.6. The van der Waals surface area contributed by atoms with E-state index >= 15 is 0 Å². The van der Waals surface area contributed by atoms with Gasteiger partial charge in [0.05, 0.1) is 6.61 Å². The number of piperidine rings is 1. The van der Waals surface area contributed by atoms with Gasteiger partial charge in [0.1, 0.15) is 0 Å².